The lowest BCUT2D eigenvalue weighted by molar-refractivity contribution is 0.815. The normalized spacial score (nSPS) is 11.8. The van der Waals surface area contributed by atoms with Crippen molar-refractivity contribution < 1.29 is 0 Å². The highest BCUT2D eigenvalue weighted by Crippen LogP contribution is 2.43. The lowest BCUT2D eigenvalue weighted by atomic mass is 9.92. The Bertz CT molecular complexity index is 429. The second-order valence-corrected chi connectivity index (χ2v) is 5.60. The number of alkyl halides is 2. The lowest BCUT2D eigenvalue weighted by Gasteiger charge is -2.31. The summed E-state index contributed by atoms with van der Waals surface area (Å²) < 4.78 is -0.689. The molecule has 0 aromatic heterocycles. The molecule has 17 heavy (non-hydrogen) atoms. The second kappa shape index (κ2) is 5.34. The Hall–Kier alpha value is -0.630. The van der Waals surface area contributed by atoms with E-state index in [0.717, 1.165) is 11.1 Å². The van der Waals surface area contributed by atoms with Crippen LogP contribution in [0.25, 0.3) is 0 Å². The van der Waals surface area contributed by atoms with Crippen LogP contribution in [0.2, 0.25) is 0 Å². The highest BCUT2D eigenvalue weighted by Gasteiger charge is 2.36. The molecule has 0 heterocycles. The van der Waals surface area contributed by atoms with Crippen molar-refractivity contribution in [3.63, 3.8) is 0 Å². The van der Waals surface area contributed by atoms with Crippen LogP contribution in [0.1, 0.15) is 11.1 Å². The average molecular weight is 283 g/mol. The minimum Gasteiger partial charge on any atom is -0.160 e. The Labute approximate surface area is 117 Å². The van der Waals surface area contributed by atoms with Crippen LogP contribution >= 0.6 is 35.8 Å². The number of hydrogen-bond acceptors (Lipinski definition) is 1. The number of benzene rings is 2. The summed E-state index contributed by atoms with van der Waals surface area (Å²) in [6, 6.07) is 19.7. The third-order valence-electron chi connectivity index (χ3n) is 2.74. The van der Waals surface area contributed by atoms with Crippen molar-refractivity contribution in [2.45, 2.75) is 9.58 Å². The molecule has 0 aliphatic rings. The number of hydrogen-bond donors (Lipinski definition) is 1. The molecule has 88 valence electrons. The van der Waals surface area contributed by atoms with E-state index in [-0.39, 0.29) is 0 Å². The quantitative estimate of drug-likeness (QED) is 0.614. The number of rotatable bonds is 3. The van der Waals surface area contributed by atoms with E-state index in [1.807, 2.05) is 60.7 Å². The van der Waals surface area contributed by atoms with Crippen LogP contribution in [-0.4, -0.2) is 4.84 Å². The predicted octanol–water partition coefficient (Wildman–Crippen LogP) is 4.66. The maximum atomic E-state index is 6.14. The van der Waals surface area contributed by atoms with E-state index in [4.69, 9.17) is 35.8 Å². The topological polar surface area (TPSA) is 0 Å². The van der Waals surface area contributed by atoms with Crippen molar-refractivity contribution in [1.29, 1.82) is 0 Å². The van der Waals surface area contributed by atoms with Gasteiger partial charge in [0, 0.05) is 0 Å². The minimum absolute atomic E-state index is 0.629. The Kier molecular flexibility index (Phi) is 4.03. The largest absolute Gasteiger partial charge is 0.160 e. The molecule has 0 bridgehead atoms. The molecule has 0 nitrogen and oxygen atoms in total. The third kappa shape index (κ3) is 2.47. The summed E-state index contributed by atoms with van der Waals surface area (Å²) in [5.74, 6) is 0. The molecule has 0 radical (unpaired) electrons. The predicted molar refractivity (Wildman–Crippen MR) is 78.1 cm³/mol. The van der Waals surface area contributed by atoms with Gasteiger partial charge in [-0.05, 0) is 11.1 Å². The van der Waals surface area contributed by atoms with Gasteiger partial charge in [-0.25, -0.2) is 0 Å². The standard InChI is InChI=1S/C14H12Cl2S/c15-13(16)14(17,11-7-3-1-4-8-11)12-9-5-2-6-10-12/h1-10,13,17H. The fourth-order valence-electron chi connectivity index (χ4n) is 1.80. The van der Waals surface area contributed by atoms with E-state index >= 15 is 0 Å². The summed E-state index contributed by atoms with van der Waals surface area (Å²) in [4.78, 5) is -0.629. The lowest BCUT2D eigenvalue weighted by Crippen LogP contribution is -2.28. The van der Waals surface area contributed by atoms with Crippen molar-refractivity contribution in [3.05, 3.63) is 71.8 Å². The molecule has 2 aromatic rings. The first-order chi connectivity index (χ1) is 8.15. The Morgan fingerprint density at radius 3 is 1.41 bits per heavy atom. The van der Waals surface area contributed by atoms with Gasteiger partial charge in [0.2, 0.25) is 0 Å². The zero-order valence-corrected chi connectivity index (χ0v) is 11.5. The fourth-order valence-corrected chi connectivity index (χ4v) is 2.61. The molecule has 0 saturated carbocycles. The highest BCUT2D eigenvalue weighted by molar-refractivity contribution is 7.81. The Morgan fingerprint density at radius 1 is 0.765 bits per heavy atom. The van der Waals surface area contributed by atoms with Crippen molar-refractivity contribution in [2.75, 3.05) is 0 Å². The van der Waals surface area contributed by atoms with Gasteiger partial charge >= 0.3 is 0 Å². The highest BCUT2D eigenvalue weighted by atomic mass is 35.5. The Morgan fingerprint density at radius 2 is 1.12 bits per heavy atom. The van der Waals surface area contributed by atoms with Gasteiger partial charge in [0.25, 0.3) is 0 Å². The van der Waals surface area contributed by atoms with Crippen LogP contribution in [0.4, 0.5) is 0 Å². The number of halogens is 2. The first-order valence-corrected chi connectivity index (χ1v) is 6.59. The van der Waals surface area contributed by atoms with E-state index in [0.29, 0.717) is 0 Å². The third-order valence-corrected chi connectivity index (χ3v) is 4.48. The summed E-state index contributed by atoms with van der Waals surface area (Å²) in [7, 11) is 0. The minimum atomic E-state index is -0.689. The molecule has 2 aromatic carbocycles. The van der Waals surface area contributed by atoms with Crippen molar-refractivity contribution >= 4 is 35.8 Å². The molecule has 0 atom stereocenters. The maximum absolute atomic E-state index is 6.14. The van der Waals surface area contributed by atoms with Crippen LogP contribution in [0.3, 0.4) is 0 Å². The van der Waals surface area contributed by atoms with Gasteiger partial charge in [-0.3, -0.25) is 0 Å². The summed E-state index contributed by atoms with van der Waals surface area (Å²) in [6.45, 7) is 0. The van der Waals surface area contributed by atoms with E-state index in [2.05, 4.69) is 0 Å². The van der Waals surface area contributed by atoms with Crippen molar-refractivity contribution in [2.24, 2.45) is 0 Å². The zero-order chi connectivity index (χ0) is 12.3. The van der Waals surface area contributed by atoms with Gasteiger partial charge in [-0.1, -0.05) is 60.7 Å². The monoisotopic (exact) mass is 282 g/mol. The molecule has 3 heteroatoms. The van der Waals surface area contributed by atoms with Crippen LogP contribution in [0.5, 0.6) is 0 Å². The summed E-state index contributed by atoms with van der Waals surface area (Å²) in [6.07, 6.45) is 0. The van der Waals surface area contributed by atoms with E-state index < -0.39 is 9.58 Å². The smallest absolute Gasteiger partial charge is 0.130 e. The first-order valence-electron chi connectivity index (χ1n) is 5.27. The van der Waals surface area contributed by atoms with Gasteiger partial charge in [0.15, 0.2) is 0 Å². The second-order valence-electron chi connectivity index (χ2n) is 3.80. The van der Waals surface area contributed by atoms with Gasteiger partial charge < -0.3 is 0 Å². The first kappa shape index (κ1) is 12.8. The van der Waals surface area contributed by atoms with Gasteiger partial charge in [0.05, 0.1) is 4.75 Å². The van der Waals surface area contributed by atoms with Crippen LogP contribution < -0.4 is 0 Å². The molecule has 0 unspecified atom stereocenters. The molecular formula is C14H12Cl2S. The molecule has 0 N–H and O–H groups in total. The average Bonchev–Trinajstić information content (AvgIpc) is 2.39. The summed E-state index contributed by atoms with van der Waals surface area (Å²) in [5.41, 5.74) is 1.98. The SMILES string of the molecule is SC(c1ccccc1)(c1ccccc1)C(Cl)Cl. The number of thiol groups is 1. The van der Waals surface area contributed by atoms with Crippen molar-refractivity contribution in [1.82, 2.24) is 0 Å². The molecule has 0 aliphatic heterocycles. The molecule has 0 aliphatic carbocycles. The van der Waals surface area contributed by atoms with E-state index in [9.17, 15) is 0 Å². The zero-order valence-electron chi connectivity index (χ0n) is 9.05. The van der Waals surface area contributed by atoms with Crippen molar-refractivity contribution in [3.8, 4) is 0 Å². The van der Waals surface area contributed by atoms with Gasteiger partial charge in [-0.2, -0.15) is 12.6 Å². The van der Waals surface area contributed by atoms with Gasteiger partial charge in [0.1, 0.15) is 4.84 Å². The van der Waals surface area contributed by atoms with Crippen LogP contribution in [0.15, 0.2) is 60.7 Å². The maximum Gasteiger partial charge on any atom is 0.130 e. The fraction of sp³-hybridized carbons (Fsp3) is 0.143. The van der Waals surface area contributed by atoms with Crippen LogP contribution in [0, 0.1) is 0 Å². The van der Waals surface area contributed by atoms with Gasteiger partial charge in [-0.15, -0.1) is 23.2 Å². The van der Waals surface area contributed by atoms with Crippen LogP contribution in [-0.2, 0) is 4.75 Å². The summed E-state index contributed by atoms with van der Waals surface area (Å²) in [5, 5.41) is 0. The molecule has 2 rings (SSSR count). The molecular weight excluding hydrogens is 271 g/mol. The van der Waals surface area contributed by atoms with E-state index in [1.54, 1.807) is 0 Å². The summed E-state index contributed by atoms with van der Waals surface area (Å²) >= 11 is 17.0. The molecule has 0 amide bonds. The molecule has 0 saturated heterocycles. The molecule has 0 spiro atoms. The Balaban J connectivity index is 2.55. The van der Waals surface area contributed by atoms with E-state index in [1.165, 1.54) is 0 Å². The molecule has 0 fully saturated rings.